The van der Waals surface area contributed by atoms with Crippen molar-refractivity contribution >= 4 is 44.8 Å². The summed E-state index contributed by atoms with van der Waals surface area (Å²) in [7, 11) is 0. The van der Waals surface area contributed by atoms with Crippen LogP contribution in [0.25, 0.3) is 10.9 Å². The standard InChI is InChI=1S/C22H22N4O2S2/c1-15-7-2-4-9-18(15)24-21-23-16(13-29-21)14-30-22-25-19-10-5-3-8-17(19)20(28)26(22)11-6-12-27/h2-5,7-10,13,27H,6,11-12,14H2,1H3,(H,23,24). The molecule has 2 aromatic heterocycles. The number of nitrogens with zero attached hydrogens (tertiary/aromatic N) is 3. The van der Waals surface area contributed by atoms with Crippen molar-refractivity contribution in [2.24, 2.45) is 0 Å². The maximum atomic E-state index is 12.9. The van der Waals surface area contributed by atoms with Crippen LogP contribution >= 0.6 is 23.1 Å². The third-order valence-electron chi connectivity index (χ3n) is 4.65. The number of hydrogen-bond donors (Lipinski definition) is 2. The van der Waals surface area contributed by atoms with E-state index in [9.17, 15) is 9.90 Å². The quantitative estimate of drug-likeness (QED) is 0.310. The second-order valence-corrected chi connectivity index (χ2v) is 8.62. The number of aliphatic hydroxyl groups is 1. The summed E-state index contributed by atoms with van der Waals surface area (Å²) in [6, 6.07) is 15.5. The molecule has 0 saturated heterocycles. The summed E-state index contributed by atoms with van der Waals surface area (Å²) in [5.74, 6) is 0.607. The lowest BCUT2D eigenvalue weighted by Gasteiger charge is -2.12. The van der Waals surface area contributed by atoms with E-state index in [2.05, 4.69) is 23.3 Å². The number of aliphatic hydroxyl groups excluding tert-OH is 1. The minimum Gasteiger partial charge on any atom is -0.396 e. The Kier molecular flexibility index (Phi) is 6.47. The van der Waals surface area contributed by atoms with Crippen molar-refractivity contribution in [2.75, 3.05) is 11.9 Å². The molecule has 154 valence electrons. The Bertz CT molecular complexity index is 1220. The fraction of sp³-hybridized carbons (Fsp3) is 0.227. The van der Waals surface area contributed by atoms with Gasteiger partial charge >= 0.3 is 0 Å². The van der Waals surface area contributed by atoms with Crippen molar-refractivity contribution < 1.29 is 5.11 Å². The molecule has 0 bridgehead atoms. The van der Waals surface area contributed by atoms with Crippen LogP contribution in [0.4, 0.5) is 10.8 Å². The molecule has 0 aliphatic carbocycles. The summed E-state index contributed by atoms with van der Waals surface area (Å²) < 4.78 is 1.65. The SMILES string of the molecule is Cc1ccccc1Nc1nc(CSc2nc3ccccc3c(=O)n2CCCO)cs1. The number of rotatable bonds is 8. The number of benzene rings is 2. The van der Waals surface area contributed by atoms with Gasteiger partial charge in [0.2, 0.25) is 0 Å². The molecule has 4 rings (SSSR count). The van der Waals surface area contributed by atoms with Crippen LogP contribution in [-0.2, 0) is 12.3 Å². The highest BCUT2D eigenvalue weighted by molar-refractivity contribution is 7.98. The number of fused-ring (bicyclic) bond motifs is 1. The Morgan fingerprint density at radius 2 is 1.93 bits per heavy atom. The molecule has 8 heteroatoms. The Hall–Kier alpha value is -2.68. The first-order valence-electron chi connectivity index (χ1n) is 9.66. The number of anilines is 2. The fourth-order valence-electron chi connectivity index (χ4n) is 3.08. The molecule has 0 fully saturated rings. The third-order valence-corrected chi connectivity index (χ3v) is 6.47. The Labute approximate surface area is 182 Å². The van der Waals surface area contributed by atoms with Gasteiger partial charge in [0, 0.05) is 30.0 Å². The average molecular weight is 439 g/mol. The van der Waals surface area contributed by atoms with Gasteiger partial charge in [-0.15, -0.1) is 11.3 Å². The number of para-hydroxylation sites is 2. The Morgan fingerprint density at radius 1 is 1.13 bits per heavy atom. The topological polar surface area (TPSA) is 80.0 Å². The number of thiazole rings is 1. The third kappa shape index (κ3) is 4.56. The molecule has 6 nitrogen and oxygen atoms in total. The molecule has 0 radical (unpaired) electrons. The zero-order chi connectivity index (χ0) is 20.9. The van der Waals surface area contributed by atoms with Gasteiger partial charge < -0.3 is 10.4 Å². The molecule has 4 aromatic rings. The van der Waals surface area contributed by atoms with Crippen molar-refractivity contribution in [2.45, 2.75) is 30.8 Å². The van der Waals surface area contributed by atoms with Gasteiger partial charge in [0.15, 0.2) is 10.3 Å². The van der Waals surface area contributed by atoms with Gasteiger partial charge in [-0.2, -0.15) is 0 Å². The van der Waals surface area contributed by atoms with Crippen LogP contribution in [0.3, 0.4) is 0 Å². The minimum atomic E-state index is -0.0725. The average Bonchev–Trinajstić information content (AvgIpc) is 3.21. The van der Waals surface area contributed by atoms with Gasteiger partial charge in [-0.3, -0.25) is 9.36 Å². The summed E-state index contributed by atoms with van der Waals surface area (Å²) in [6.07, 6.45) is 0.509. The predicted molar refractivity (Wildman–Crippen MR) is 124 cm³/mol. The predicted octanol–water partition coefficient (Wildman–Crippen LogP) is 4.58. The molecule has 0 atom stereocenters. The van der Waals surface area contributed by atoms with Gasteiger partial charge in [0.25, 0.3) is 5.56 Å². The molecule has 2 heterocycles. The smallest absolute Gasteiger partial charge is 0.262 e. The van der Waals surface area contributed by atoms with E-state index in [1.165, 1.54) is 11.8 Å². The maximum Gasteiger partial charge on any atom is 0.262 e. The molecule has 0 aliphatic heterocycles. The lowest BCUT2D eigenvalue weighted by Crippen LogP contribution is -2.24. The number of aromatic nitrogens is 3. The molecule has 0 spiro atoms. The lowest BCUT2D eigenvalue weighted by molar-refractivity contribution is 0.276. The van der Waals surface area contributed by atoms with Crippen LogP contribution in [0.15, 0.2) is 63.9 Å². The van der Waals surface area contributed by atoms with Crippen LogP contribution in [0.5, 0.6) is 0 Å². The van der Waals surface area contributed by atoms with E-state index in [1.807, 2.05) is 41.8 Å². The monoisotopic (exact) mass is 438 g/mol. The van der Waals surface area contributed by atoms with E-state index < -0.39 is 0 Å². The number of nitrogens with one attached hydrogen (secondary N) is 1. The highest BCUT2D eigenvalue weighted by atomic mass is 32.2. The zero-order valence-corrected chi connectivity index (χ0v) is 18.2. The molecule has 0 amide bonds. The fourth-order valence-corrected chi connectivity index (χ4v) is 4.83. The molecular weight excluding hydrogens is 416 g/mol. The van der Waals surface area contributed by atoms with Crippen LogP contribution < -0.4 is 10.9 Å². The number of thioether (sulfide) groups is 1. The molecule has 2 N–H and O–H groups in total. The highest BCUT2D eigenvalue weighted by Crippen LogP contribution is 2.27. The van der Waals surface area contributed by atoms with Crippen molar-refractivity contribution in [3.63, 3.8) is 0 Å². The first kappa shape index (κ1) is 20.6. The van der Waals surface area contributed by atoms with Crippen LogP contribution in [0.1, 0.15) is 17.7 Å². The van der Waals surface area contributed by atoms with Crippen LogP contribution in [0.2, 0.25) is 0 Å². The van der Waals surface area contributed by atoms with Crippen molar-refractivity contribution in [1.29, 1.82) is 0 Å². The molecule has 0 aliphatic rings. The largest absolute Gasteiger partial charge is 0.396 e. The summed E-state index contributed by atoms with van der Waals surface area (Å²) in [6.45, 7) is 2.53. The van der Waals surface area contributed by atoms with Gasteiger partial charge in [-0.05, 0) is 37.1 Å². The molecule has 0 unspecified atom stereocenters. The maximum absolute atomic E-state index is 12.9. The first-order valence-corrected chi connectivity index (χ1v) is 11.5. The first-order chi connectivity index (χ1) is 14.7. The molecule has 2 aromatic carbocycles. The summed E-state index contributed by atoms with van der Waals surface area (Å²) in [4.78, 5) is 22.3. The number of hydrogen-bond acceptors (Lipinski definition) is 7. The summed E-state index contributed by atoms with van der Waals surface area (Å²) >= 11 is 3.04. The van der Waals surface area contributed by atoms with E-state index in [0.29, 0.717) is 34.8 Å². The molecule has 0 saturated carbocycles. The second-order valence-electron chi connectivity index (χ2n) is 6.82. The van der Waals surface area contributed by atoms with E-state index in [-0.39, 0.29) is 12.2 Å². The lowest BCUT2D eigenvalue weighted by atomic mass is 10.2. The molecular formula is C22H22N4O2S2. The normalized spacial score (nSPS) is 11.1. The van der Waals surface area contributed by atoms with Gasteiger partial charge in [0.1, 0.15) is 0 Å². The highest BCUT2D eigenvalue weighted by Gasteiger charge is 2.12. The van der Waals surface area contributed by atoms with Crippen LogP contribution in [0, 0.1) is 6.92 Å². The van der Waals surface area contributed by atoms with Crippen molar-refractivity contribution in [3.8, 4) is 0 Å². The second kappa shape index (κ2) is 9.42. The van der Waals surface area contributed by atoms with Gasteiger partial charge in [-0.1, -0.05) is 42.1 Å². The van der Waals surface area contributed by atoms with E-state index in [1.54, 1.807) is 22.0 Å². The van der Waals surface area contributed by atoms with Crippen molar-refractivity contribution in [3.05, 3.63) is 75.5 Å². The minimum absolute atomic E-state index is 0.0311. The van der Waals surface area contributed by atoms with Crippen molar-refractivity contribution in [1.82, 2.24) is 14.5 Å². The van der Waals surface area contributed by atoms with Crippen LogP contribution in [-0.4, -0.2) is 26.2 Å². The Morgan fingerprint density at radius 3 is 2.77 bits per heavy atom. The van der Waals surface area contributed by atoms with Gasteiger partial charge in [0.05, 0.1) is 16.6 Å². The summed E-state index contributed by atoms with van der Waals surface area (Å²) in [5, 5.41) is 16.7. The molecule has 30 heavy (non-hydrogen) atoms. The van der Waals surface area contributed by atoms with E-state index >= 15 is 0 Å². The van der Waals surface area contributed by atoms with E-state index in [0.717, 1.165) is 22.1 Å². The number of aryl methyl sites for hydroxylation is 1. The van der Waals surface area contributed by atoms with Gasteiger partial charge in [-0.25, -0.2) is 9.97 Å². The Balaban J connectivity index is 1.54. The van der Waals surface area contributed by atoms with E-state index in [4.69, 9.17) is 4.98 Å². The summed E-state index contributed by atoms with van der Waals surface area (Å²) in [5.41, 5.74) is 3.75. The zero-order valence-electron chi connectivity index (χ0n) is 16.5.